The van der Waals surface area contributed by atoms with Gasteiger partial charge in [-0.15, -0.1) is 0 Å². The molecule has 2 unspecified atom stereocenters. The quantitative estimate of drug-likeness (QED) is 0.920. The Morgan fingerprint density at radius 1 is 1.38 bits per heavy atom. The molecule has 1 aromatic carbocycles. The number of rotatable bonds is 3. The van der Waals surface area contributed by atoms with Gasteiger partial charge in [0.25, 0.3) is 5.91 Å². The van der Waals surface area contributed by atoms with Gasteiger partial charge >= 0.3 is 0 Å². The molecule has 2 atom stereocenters. The summed E-state index contributed by atoms with van der Waals surface area (Å²) in [5.74, 6) is 1.62. The van der Waals surface area contributed by atoms with Gasteiger partial charge in [-0.2, -0.15) is 0 Å². The van der Waals surface area contributed by atoms with Gasteiger partial charge in [0.1, 0.15) is 5.75 Å². The first-order valence-corrected chi connectivity index (χ1v) is 7.78. The zero-order valence-electron chi connectivity index (χ0n) is 13.1. The summed E-state index contributed by atoms with van der Waals surface area (Å²) in [5, 5.41) is 3.20. The molecule has 21 heavy (non-hydrogen) atoms. The lowest BCUT2D eigenvalue weighted by atomic mass is 10.0. The summed E-state index contributed by atoms with van der Waals surface area (Å²) in [6.45, 7) is 6.88. The van der Waals surface area contributed by atoms with Crippen LogP contribution in [0.25, 0.3) is 0 Å². The summed E-state index contributed by atoms with van der Waals surface area (Å²) >= 11 is 0. The summed E-state index contributed by atoms with van der Waals surface area (Å²) in [6, 6.07) is 4.22. The summed E-state index contributed by atoms with van der Waals surface area (Å²) in [5.41, 5.74) is 3.65. The third kappa shape index (κ3) is 2.77. The van der Waals surface area contributed by atoms with E-state index in [1.165, 1.54) is 16.7 Å². The number of carbonyl (C=O) groups excluding carboxylic acids is 1. The number of fused-ring (bicyclic) bond motifs is 1. The van der Waals surface area contributed by atoms with E-state index in [0.29, 0.717) is 12.3 Å². The van der Waals surface area contributed by atoms with E-state index >= 15 is 0 Å². The zero-order valence-corrected chi connectivity index (χ0v) is 13.1. The minimum atomic E-state index is -0.325. The van der Waals surface area contributed by atoms with Crippen LogP contribution in [0.3, 0.4) is 0 Å². The van der Waals surface area contributed by atoms with Gasteiger partial charge in [-0.25, -0.2) is 0 Å². The van der Waals surface area contributed by atoms with Crippen LogP contribution in [0, 0.1) is 19.8 Å². The highest BCUT2D eigenvalue weighted by Gasteiger charge is 2.35. The maximum atomic E-state index is 12.6. The molecule has 1 aromatic rings. The molecule has 1 amide bonds. The number of hydrogen-bond donors (Lipinski definition) is 1. The van der Waals surface area contributed by atoms with Crippen LogP contribution >= 0.6 is 0 Å². The van der Waals surface area contributed by atoms with E-state index in [-0.39, 0.29) is 12.0 Å². The van der Waals surface area contributed by atoms with Crippen LogP contribution < -0.4 is 10.1 Å². The molecule has 2 heterocycles. The van der Waals surface area contributed by atoms with Crippen LogP contribution in [-0.2, 0) is 11.2 Å². The predicted molar refractivity (Wildman–Crippen MR) is 82.6 cm³/mol. The van der Waals surface area contributed by atoms with Crippen molar-refractivity contribution in [2.75, 3.05) is 26.7 Å². The Morgan fingerprint density at radius 2 is 2.14 bits per heavy atom. The van der Waals surface area contributed by atoms with Crippen molar-refractivity contribution in [1.82, 2.24) is 10.2 Å². The Bertz CT molecular complexity index is 525. The second-order valence-electron chi connectivity index (χ2n) is 6.35. The Kier molecular flexibility index (Phi) is 3.89. The molecule has 1 saturated heterocycles. The number of aryl methyl sites for hydroxylation is 2. The minimum absolute atomic E-state index is 0.153. The van der Waals surface area contributed by atoms with Crippen LogP contribution in [-0.4, -0.2) is 43.6 Å². The van der Waals surface area contributed by atoms with Crippen molar-refractivity contribution in [3.8, 4) is 5.75 Å². The first-order valence-electron chi connectivity index (χ1n) is 7.78. The number of nitrogens with one attached hydrogen (secondary N) is 1. The van der Waals surface area contributed by atoms with Crippen molar-refractivity contribution >= 4 is 5.91 Å². The fourth-order valence-corrected chi connectivity index (χ4v) is 3.34. The number of amides is 1. The third-order valence-electron chi connectivity index (χ3n) is 4.72. The number of benzene rings is 1. The lowest BCUT2D eigenvalue weighted by Crippen LogP contribution is -2.40. The molecule has 0 aliphatic carbocycles. The molecule has 3 rings (SSSR count). The molecule has 0 spiro atoms. The largest absolute Gasteiger partial charge is 0.480 e. The van der Waals surface area contributed by atoms with Crippen molar-refractivity contribution in [3.63, 3.8) is 0 Å². The highest BCUT2D eigenvalue weighted by molar-refractivity contribution is 5.83. The van der Waals surface area contributed by atoms with Gasteiger partial charge in [0.2, 0.25) is 0 Å². The molecule has 2 aliphatic rings. The number of carbonyl (C=O) groups is 1. The molecule has 1 N–H and O–H groups in total. The van der Waals surface area contributed by atoms with Crippen LogP contribution in [0.5, 0.6) is 5.75 Å². The average molecular weight is 288 g/mol. The van der Waals surface area contributed by atoms with E-state index in [1.54, 1.807) is 0 Å². The Balaban J connectivity index is 1.66. The second-order valence-corrected chi connectivity index (χ2v) is 6.35. The van der Waals surface area contributed by atoms with Crippen molar-refractivity contribution < 1.29 is 9.53 Å². The van der Waals surface area contributed by atoms with Crippen LogP contribution in [0.15, 0.2) is 12.1 Å². The van der Waals surface area contributed by atoms with Crippen molar-refractivity contribution in [2.24, 2.45) is 5.92 Å². The summed E-state index contributed by atoms with van der Waals surface area (Å²) < 4.78 is 5.91. The van der Waals surface area contributed by atoms with E-state index in [0.717, 1.165) is 31.8 Å². The summed E-state index contributed by atoms with van der Waals surface area (Å²) in [4.78, 5) is 14.6. The SMILES string of the molecule is CNCC1CCN(C(=O)C2Cc3cc(C)c(C)cc3O2)C1. The van der Waals surface area contributed by atoms with Gasteiger partial charge < -0.3 is 15.0 Å². The lowest BCUT2D eigenvalue weighted by Gasteiger charge is -2.20. The highest BCUT2D eigenvalue weighted by atomic mass is 16.5. The van der Waals surface area contributed by atoms with Gasteiger partial charge in [-0.1, -0.05) is 6.07 Å². The first kappa shape index (κ1) is 14.4. The first-order chi connectivity index (χ1) is 10.1. The fourth-order valence-electron chi connectivity index (χ4n) is 3.34. The van der Waals surface area contributed by atoms with Crippen LogP contribution in [0.1, 0.15) is 23.1 Å². The molecule has 114 valence electrons. The summed E-state index contributed by atoms with van der Waals surface area (Å²) in [6.07, 6.45) is 1.47. The maximum absolute atomic E-state index is 12.6. The van der Waals surface area contributed by atoms with Gasteiger partial charge in [-0.05, 0) is 62.5 Å². The molecule has 4 heteroatoms. The fraction of sp³-hybridized carbons (Fsp3) is 0.588. The number of nitrogens with zero attached hydrogens (tertiary/aromatic N) is 1. The standard InChI is InChI=1S/C17H24N2O2/c1-11-6-14-8-16(21-15(14)7-12(11)2)17(20)19-5-4-13(10-19)9-18-3/h6-7,13,16,18H,4-5,8-10H2,1-3H3. The van der Waals surface area contributed by atoms with Crippen molar-refractivity contribution in [3.05, 3.63) is 28.8 Å². The van der Waals surface area contributed by atoms with E-state index in [1.807, 2.05) is 11.9 Å². The lowest BCUT2D eigenvalue weighted by molar-refractivity contribution is -0.136. The molecule has 0 aromatic heterocycles. The zero-order chi connectivity index (χ0) is 15.0. The average Bonchev–Trinajstić information content (AvgIpc) is 3.06. The minimum Gasteiger partial charge on any atom is -0.480 e. The molecule has 4 nitrogen and oxygen atoms in total. The van der Waals surface area contributed by atoms with Crippen molar-refractivity contribution in [2.45, 2.75) is 32.8 Å². The van der Waals surface area contributed by atoms with E-state index in [4.69, 9.17) is 4.74 Å². The Morgan fingerprint density at radius 3 is 2.90 bits per heavy atom. The summed E-state index contributed by atoms with van der Waals surface area (Å²) in [7, 11) is 1.96. The number of likely N-dealkylation sites (tertiary alicyclic amines) is 1. The topological polar surface area (TPSA) is 41.6 Å². The molecule has 0 saturated carbocycles. The molecule has 1 fully saturated rings. The van der Waals surface area contributed by atoms with E-state index in [9.17, 15) is 4.79 Å². The smallest absolute Gasteiger partial charge is 0.264 e. The Hall–Kier alpha value is -1.55. The monoisotopic (exact) mass is 288 g/mol. The van der Waals surface area contributed by atoms with E-state index in [2.05, 4.69) is 31.3 Å². The van der Waals surface area contributed by atoms with Gasteiger partial charge in [0.15, 0.2) is 6.10 Å². The van der Waals surface area contributed by atoms with Crippen LogP contribution in [0.2, 0.25) is 0 Å². The maximum Gasteiger partial charge on any atom is 0.264 e. The van der Waals surface area contributed by atoms with Gasteiger partial charge in [0.05, 0.1) is 0 Å². The molecular weight excluding hydrogens is 264 g/mol. The molecule has 0 radical (unpaired) electrons. The normalized spacial score (nSPS) is 24.0. The number of hydrogen-bond acceptors (Lipinski definition) is 3. The third-order valence-corrected chi connectivity index (χ3v) is 4.72. The highest BCUT2D eigenvalue weighted by Crippen LogP contribution is 2.32. The molecular formula is C17H24N2O2. The molecule has 0 bridgehead atoms. The second kappa shape index (κ2) is 5.68. The Labute approximate surface area is 126 Å². The predicted octanol–water partition coefficient (Wildman–Crippen LogP) is 1.67. The van der Waals surface area contributed by atoms with Gasteiger partial charge in [0, 0.05) is 19.5 Å². The van der Waals surface area contributed by atoms with E-state index < -0.39 is 0 Å². The van der Waals surface area contributed by atoms with Crippen molar-refractivity contribution in [1.29, 1.82) is 0 Å². The van der Waals surface area contributed by atoms with Crippen LogP contribution in [0.4, 0.5) is 0 Å². The number of ether oxygens (including phenoxy) is 1. The molecule has 2 aliphatic heterocycles. The van der Waals surface area contributed by atoms with Gasteiger partial charge in [-0.3, -0.25) is 4.79 Å².